The first-order valence-electron chi connectivity index (χ1n) is 5.75. The van der Waals surface area contributed by atoms with E-state index in [-0.39, 0.29) is 5.91 Å². The number of rotatable bonds is 3. The largest absolute Gasteiger partial charge is 0.305 e. The van der Waals surface area contributed by atoms with Gasteiger partial charge in [0.05, 0.1) is 20.5 Å². The third-order valence-corrected chi connectivity index (χ3v) is 3.85. The van der Waals surface area contributed by atoms with Crippen LogP contribution in [0, 0.1) is 0 Å². The summed E-state index contributed by atoms with van der Waals surface area (Å²) in [5, 5.41) is 9.62. The number of amides is 1. The zero-order valence-electron chi connectivity index (χ0n) is 10.1. The van der Waals surface area contributed by atoms with Gasteiger partial charge in [0.1, 0.15) is 0 Å². The van der Waals surface area contributed by atoms with Crippen molar-refractivity contribution >= 4 is 34.7 Å². The number of nitrogens with one attached hydrogen (secondary N) is 2. The molecular weight excluding hydrogens is 296 g/mol. The number of pyridine rings is 1. The Hall–Kier alpha value is -2.18. The molecule has 0 fully saturated rings. The summed E-state index contributed by atoms with van der Waals surface area (Å²) in [6.07, 6.45) is 3.12. The van der Waals surface area contributed by atoms with E-state index < -0.39 is 0 Å². The molecule has 0 atom stereocenters. The lowest BCUT2D eigenvalue weighted by molar-refractivity contribution is 0.102. The molecule has 3 aromatic rings. The fourth-order valence-corrected chi connectivity index (χ4v) is 2.67. The van der Waals surface area contributed by atoms with Gasteiger partial charge in [-0.1, -0.05) is 11.6 Å². The molecule has 1 amide bonds. The van der Waals surface area contributed by atoms with Crippen molar-refractivity contribution in [3.05, 3.63) is 52.6 Å². The molecule has 20 heavy (non-hydrogen) atoms. The van der Waals surface area contributed by atoms with E-state index in [1.807, 2.05) is 12.1 Å². The third kappa shape index (κ3) is 2.71. The van der Waals surface area contributed by atoms with Gasteiger partial charge in [0.15, 0.2) is 5.82 Å². The van der Waals surface area contributed by atoms with Crippen molar-refractivity contribution in [3.63, 3.8) is 0 Å². The van der Waals surface area contributed by atoms with Gasteiger partial charge in [-0.15, -0.1) is 11.3 Å². The van der Waals surface area contributed by atoms with Crippen LogP contribution in [0.5, 0.6) is 0 Å². The second-order valence-electron chi connectivity index (χ2n) is 3.97. The minimum Gasteiger partial charge on any atom is -0.305 e. The predicted octanol–water partition coefficient (Wildman–Crippen LogP) is 3.44. The van der Waals surface area contributed by atoms with Gasteiger partial charge in [-0.25, -0.2) is 0 Å². The number of hydrogen-bond acceptors (Lipinski definition) is 4. The highest BCUT2D eigenvalue weighted by Gasteiger charge is 2.10. The van der Waals surface area contributed by atoms with Crippen LogP contribution >= 0.6 is 22.9 Å². The number of anilines is 1. The first-order chi connectivity index (χ1) is 9.72. The van der Waals surface area contributed by atoms with Crippen molar-refractivity contribution in [2.75, 3.05) is 5.32 Å². The van der Waals surface area contributed by atoms with Gasteiger partial charge in [0.25, 0.3) is 5.91 Å². The Morgan fingerprint density at radius 2 is 2.25 bits per heavy atom. The Labute approximate surface area is 123 Å². The van der Waals surface area contributed by atoms with Gasteiger partial charge < -0.3 is 5.32 Å². The maximum atomic E-state index is 11.9. The van der Waals surface area contributed by atoms with Crippen LogP contribution in [0.3, 0.4) is 0 Å². The Balaban J connectivity index is 1.76. The molecule has 3 heterocycles. The van der Waals surface area contributed by atoms with Crippen LogP contribution in [0.4, 0.5) is 5.82 Å². The fraction of sp³-hybridized carbons (Fsp3) is 0. The van der Waals surface area contributed by atoms with E-state index >= 15 is 0 Å². The molecule has 0 saturated heterocycles. The summed E-state index contributed by atoms with van der Waals surface area (Å²) in [6.45, 7) is 0. The zero-order valence-corrected chi connectivity index (χ0v) is 11.7. The van der Waals surface area contributed by atoms with Crippen LogP contribution in [-0.4, -0.2) is 21.1 Å². The van der Waals surface area contributed by atoms with Gasteiger partial charge in [-0.05, 0) is 24.3 Å². The van der Waals surface area contributed by atoms with Crippen molar-refractivity contribution in [2.24, 2.45) is 0 Å². The zero-order chi connectivity index (χ0) is 13.9. The number of thiophene rings is 1. The van der Waals surface area contributed by atoms with E-state index in [0.717, 1.165) is 10.6 Å². The number of hydrogen-bond donors (Lipinski definition) is 2. The van der Waals surface area contributed by atoms with Gasteiger partial charge in [-0.3, -0.25) is 14.9 Å². The predicted molar refractivity (Wildman–Crippen MR) is 79.1 cm³/mol. The number of aromatic nitrogens is 3. The van der Waals surface area contributed by atoms with E-state index in [0.29, 0.717) is 15.7 Å². The Morgan fingerprint density at radius 1 is 1.35 bits per heavy atom. The summed E-state index contributed by atoms with van der Waals surface area (Å²) in [5.41, 5.74) is 1.29. The molecule has 3 aromatic heterocycles. The number of H-pyrrole nitrogens is 1. The van der Waals surface area contributed by atoms with Gasteiger partial charge in [-0.2, -0.15) is 5.10 Å². The molecule has 0 radical (unpaired) electrons. The van der Waals surface area contributed by atoms with Crippen molar-refractivity contribution in [1.29, 1.82) is 0 Å². The van der Waals surface area contributed by atoms with Crippen LogP contribution in [-0.2, 0) is 0 Å². The number of aromatic amines is 1. The summed E-state index contributed by atoms with van der Waals surface area (Å²) in [7, 11) is 0. The summed E-state index contributed by atoms with van der Waals surface area (Å²) >= 11 is 7.33. The SMILES string of the molecule is O=C(Nc1cc(-c2ccc(Cl)s2)[nH]n1)c1cccnc1. The third-order valence-electron chi connectivity index (χ3n) is 2.58. The van der Waals surface area contributed by atoms with E-state index in [1.165, 1.54) is 17.5 Å². The molecule has 0 saturated carbocycles. The maximum Gasteiger partial charge on any atom is 0.258 e. The first-order valence-corrected chi connectivity index (χ1v) is 6.94. The van der Waals surface area contributed by atoms with Gasteiger partial charge in [0.2, 0.25) is 0 Å². The Bertz CT molecular complexity index is 738. The molecule has 0 aliphatic carbocycles. The molecule has 100 valence electrons. The molecule has 0 unspecified atom stereocenters. The van der Waals surface area contributed by atoms with E-state index in [1.54, 1.807) is 24.4 Å². The topological polar surface area (TPSA) is 70.7 Å². The highest BCUT2D eigenvalue weighted by molar-refractivity contribution is 7.19. The lowest BCUT2D eigenvalue weighted by atomic mass is 10.2. The molecule has 0 aliphatic heterocycles. The van der Waals surface area contributed by atoms with Crippen LogP contribution in [0.15, 0.2) is 42.7 Å². The minimum atomic E-state index is -0.250. The summed E-state index contributed by atoms with van der Waals surface area (Å²) in [5.74, 6) is 0.207. The van der Waals surface area contributed by atoms with Crippen LogP contribution in [0.2, 0.25) is 4.34 Å². The van der Waals surface area contributed by atoms with Gasteiger partial charge >= 0.3 is 0 Å². The summed E-state index contributed by atoms with van der Waals surface area (Å²) < 4.78 is 0.704. The minimum absolute atomic E-state index is 0.250. The average molecular weight is 305 g/mol. The maximum absolute atomic E-state index is 11.9. The molecule has 7 heteroatoms. The monoisotopic (exact) mass is 304 g/mol. The summed E-state index contributed by atoms with van der Waals surface area (Å²) in [6, 6.07) is 8.87. The second-order valence-corrected chi connectivity index (χ2v) is 5.68. The average Bonchev–Trinajstić information content (AvgIpc) is 3.09. The Kier molecular flexibility index (Phi) is 3.49. The molecule has 0 bridgehead atoms. The molecule has 3 rings (SSSR count). The second kappa shape index (κ2) is 5.44. The number of carbonyl (C=O) groups is 1. The van der Waals surface area contributed by atoms with Crippen molar-refractivity contribution < 1.29 is 4.79 Å². The highest BCUT2D eigenvalue weighted by atomic mass is 35.5. The standard InChI is InChI=1S/C13H9ClN4OS/c14-11-4-3-10(20-11)9-6-12(18-17-9)16-13(19)8-2-1-5-15-7-8/h1-7H,(H2,16,17,18,19). The molecule has 0 spiro atoms. The lowest BCUT2D eigenvalue weighted by Crippen LogP contribution is -2.12. The highest BCUT2D eigenvalue weighted by Crippen LogP contribution is 2.30. The molecular formula is C13H9ClN4OS. The first kappa shape index (κ1) is 12.8. The summed E-state index contributed by atoms with van der Waals surface area (Å²) in [4.78, 5) is 16.8. The van der Waals surface area contributed by atoms with Crippen LogP contribution < -0.4 is 5.32 Å². The molecule has 0 aliphatic rings. The lowest BCUT2D eigenvalue weighted by Gasteiger charge is -1.99. The molecule has 5 nitrogen and oxygen atoms in total. The van der Waals surface area contributed by atoms with Crippen molar-refractivity contribution in [1.82, 2.24) is 15.2 Å². The fourth-order valence-electron chi connectivity index (χ4n) is 1.66. The van der Waals surface area contributed by atoms with Crippen molar-refractivity contribution in [3.8, 4) is 10.6 Å². The number of halogens is 1. The Morgan fingerprint density at radius 3 is 2.95 bits per heavy atom. The molecule has 2 N–H and O–H groups in total. The quantitative estimate of drug-likeness (QED) is 0.778. The normalized spacial score (nSPS) is 10.4. The van der Waals surface area contributed by atoms with E-state index in [9.17, 15) is 4.79 Å². The van der Waals surface area contributed by atoms with Gasteiger partial charge in [0, 0.05) is 18.5 Å². The number of nitrogens with zero attached hydrogens (tertiary/aromatic N) is 2. The smallest absolute Gasteiger partial charge is 0.258 e. The van der Waals surface area contributed by atoms with E-state index in [4.69, 9.17) is 11.6 Å². The van der Waals surface area contributed by atoms with Crippen LogP contribution in [0.1, 0.15) is 10.4 Å². The van der Waals surface area contributed by atoms with Crippen molar-refractivity contribution in [2.45, 2.75) is 0 Å². The number of carbonyl (C=O) groups excluding carboxylic acids is 1. The van der Waals surface area contributed by atoms with Crippen LogP contribution in [0.25, 0.3) is 10.6 Å². The van der Waals surface area contributed by atoms with E-state index in [2.05, 4.69) is 20.5 Å². The molecule has 0 aromatic carbocycles.